The number of fused-ring (bicyclic) bond motifs is 1. The number of ether oxygens (including phenoxy) is 3. The zero-order valence-corrected chi connectivity index (χ0v) is 27.4. The minimum atomic E-state index is -0.843. The zero-order valence-electron chi connectivity index (χ0n) is 26.6. The van der Waals surface area contributed by atoms with Gasteiger partial charge in [0, 0.05) is 24.2 Å². The van der Waals surface area contributed by atoms with E-state index in [9.17, 15) is 14.4 Å². The third kappa shape index (κ3) is 6.53. The Labute approximate surface area is 280 Å². The molecule has 3 heterocycles. The van der Waals surface area contributed by atoms with E-state index in [4.69, 9.17) is 19.3 Å². The van der Waals surface area contributed by atoms with Crippen LogP contribution in [-0.4, -0.2) is 39.5 Å². The summed E-state index contributed by atoms with van der Waals surface area (Å²) < 4.78 is 20.0. The molecule has 1 aliphatic rings. The smallest absolute Gasteiger partial charge is 0.338 e. The van der Waals surface area contributed by atoms with Gasteiger partial charge in [0.1, 0.15) is 23.8 Å². The van der Waals surface area contributed by atoms with Crippen molar-refractivity contribution in [1.82, 2.24) is 14.3 Å². The van der Waals surface area contributed by atoms with Crippen molar-refractivity contribution >= 4 is 29.4 Å². The molecule has 0 saturated heterocycles. The summed E-state index contributed by atoms with van der Waals surface area (Å²) in [5.41, 5.74) is 4.04. The van der Waals surface area contributed by atoms with Gasteiger partial charge in [0.2, 0.25) is 0 Å². The van der Waals surface area contributed by atoms with Gasteiger partial charge in [0.05, 0.1) is 34.1 Å². The van der Waals surface area contributed by atoms with E-state index in [1.54, 1.807) is 41.9 Å². The average Bonchev–Trinajstić information content (AvgIpc) is 3.64. The third-order valence-electron chi connectivity index (χ3n) is 7.52. The molecule has 10 nitrogen and oxygen atoms in total. The molecule has 2 aromatic heterocycles. The Kier molecular flexibility index (Phi) is 9.31. The third-order valence-corrected chi connectivity index (χ3v) is 8.50. The number of aromatic nitrogens is 3. The number of hydrogen-bond donors (Lipinski definition) is 0. The standard InChI is InChI=1S/C37H32N4O6S/c1-5-20-46-36(44)32-23(3)38-37-41(34(32)26-14-18-30(19-15-26)47-24(4)42)35(43)31(48-37)21-27-22-40(28-10-8-7-9-11-28)39-33(27)25-12-16-29(17-13-25)45-6-2/h5,7-19,21-22,34H,1,6,20H2,2-4H3/b31-21+. The molecule has 0 amide bonds. The Morgan fingerprint density at radius 1 is 1.00 bits per heavy atom. The number of benzene rings is 3. The van der Waals surface area contributed by atoms with E-state index < -0.39 is 18.0 Å². The highest BCUT2D eigenvalue weighted by Crippen LogP contribution is 2.32. The monoisotopic (exact) mass is 660 g/mol. The van der Waals surface area contributed by atoms with Crippen molar-refractivity contribution in [2.75, 3.05) is 13.2 Å². The van der Waals surface area contributed by atoms with Crippen LogP contribution in [0.5, 0.6) is 11.5 Å². The fourth-order valence-electron chi connectivity index (χ4n) is 5.44. The van der Waals surface area contributed by atoms with Gasteiger partial charge < -0.3 is 14.2 Å². The molecule has 0 bridgehead atoms. The number of hydrogen-bond acceptors (Lipinski definition) is 9. The first-order valence-corrected chi connectivity index (χ1v) is 16.1. The summed E-state index contributed by atoms with van der Waals surface area (Å²) in [6.07, 6.45) is 5.16. The first-order valence-electron chi connectivity index (χ1n) is 15.2. The van der Waals surface area contributed by atoms with Crippen LogP contribution in [0.15, 0.2) is 119 Å². The summed E-state index contributed by atoms with van der Waals surface area (Å²) in [7, 11) is 0. The van der Waals surface area contributed by atoms with E-state index in [1.165, 1.54) is 28.9 Å². The van der Waals surface area contributed by atoms with Crippen LogP contribution in [0.1, 0.15) is 37.9 Å². The molecule has 1 aliphatic heterocycles. The van der Waals surface area contributed by atoms with E-state index in [0.29, 0.717) is 38.6 Å². The predicted molar refractivity (Wildman–Crippen MR) is 183 cm³/mol. The van der Waals surface area contributed by atoms with E-state index in [0.717, 1.165) is 22.6 Å². The topological polar surface area (TPSA) is 114 Å². The molecule has 242 valence electrons. The van der Waals surface area contributed by atoms with Gasteiger partial charge in [-0.2, -0.15) is 5.10 Å². The van der Waals surface area contributed by atoms with Gasteiger partial charge in [0.15, 0.2) is 4.80 Å². The highest BCUT2D eigenvalue weighted by Gasteiger charge is 2.33. The Bertz CT molecular complexity index is 2210. The second kappa shape index (κ2) is 13.9. The maximum absolute atomic E-state index is 14.3. The van der Waals surface area contributed by atoms with Crippen LogP contribution in [0.2, 0.25) is 0 Å². The second-order valence-electron chi connectivity index (χ2n) is 10.8. The number of esters is 2. The Morgan fingerprint density at radius 3 is 2.38 bits per heavy atom. The van der Waals surface area contributed by atoms with E-state index in [2.05, 4.69) is 11.6 Å². The molecule has 0 fully saturated rings. The summed E-state index contributed by atoms with van der Waals surface area (Å²) in [4.78, 5) is 44.3. The van der Waals surface area contributed by atoms with Crippen molar-refractivity contribution in [3.8, 4) is 28.4 Å². The van der Waals surface area contributed by atoms with E-state index in [-0.39, 0.29) is 17.7 Å². The SMILES string of the molecule is C=CCOC(=O)C1=C(C)N=c2s/c(=C/c3cn(-c4ccccc4)nc3-c3ccc(OCC)cc3)c(=O)n2C1c1ccc(OC(C)=O)cc1. The summed E-state index contributed by atoms with van der Waals surface area (Å²) >= 11 is 1.22. The molecule has 0 saturated carbocycles. The molecule has 48 heavy (non-hydrogen) atoms. The number of para-hydroxylation sites is 1. The fourth-order valence-corrected chi connectivity index (χ4v) is 6.48. The summed E-state index contributed by atoms with van der Waals surface area (Å²) in [5, 5.41) is 4.90. The molecule has 1 atom stereocenters. The number of carbonyl (C=O) groups is 2. The number of allylic oxidation sites excluding steroid dienone is 1. The van der Waals surface area contributed by atoms with Crippen LogP contribution in [0, 0.1) is 0 Å². The fraction of sp³-hybridized carbons (Fsp3) is 0.162. The van der Waals surface area contributed by atoms with E-state index in [1.807, 2.05) is 67.7 Å². The van der Waals surface area contributed by atoms with Gasteiger partial charge in [-0.3, -0.25) is 14.2 Å². The number of carbonyl (C=O) groups excluding carboxylic acids is 2. The van der Waals surface area contributed by atoms with Crippen molar-refractivity contribution < 1.29 is 23.8 Å². The molecule has 1 unspecified atom stereocenters. The molecule has 11 heteroatoms. The van der Waals surface area contributed by atoms with Crippen LogP contribution in [0.25, 0.3) is 23.0 Å². The largest absolute Gasteiger partial charge is 0.494 e. The zero-order chi connectivity index (χ0) is 33.8. The molecule has 5 aromatic rings. The van der Waals surface area contributed by atoms with Crippen LogP contribution >= 0.6 is 11.3 Å². The lowest BCUT2D eigenvalue weighted by Gasteiger charge is -2.24. The number of nitrogens with zero attached hydrogens (tertiary/aromatic N) is 4. The highest BCUT2D eigenvalue weighted by atomic mass is 32.1. The van der Waals surface area contributed by atoms with Crippen molar-refractivity contribution in [2.24, 2.45) is 4.99 Å². The predicted octanol–water partition coefficient (Wildman–Crippen LogP) is 5.14. The normalized spacial score (nSPS) is 14.2. The molecular formula is C37H32N4O6S. The lowest BCUT2D eigenvalue weighted by atomic mass is 9.96. The van der Waals surface area contributed by atoms with Gasteiger partial charge in [0.25, 0.3) is 5.56 Å². The van der Waals surface area contributed by atoms with Gasteiger partial charge in [-0.25, -0.2) is 14.5 Å². The molecule has 0 spiro atoms. The molecule has 0 radical (unpaired) electrons. The van der Waals surface area contributed by atoms with Gasteiger partial charge >= 0.3 is 11.9 Å². The first-order chi connectivity index (χ1) is 23.3. The number of rotatable bonds is 10. The van der Waals surface area contributed by atoms with Gasteiger partial charge in [-0.15, -0.1) is 0 Å². The maximum Gasteiger partial charge on any atom is 0.338 e. The Morgan fingerprint density at radius 2 is 1.71 bits per heavy atom. The summed E-state index contributed by atoms with van der Waals surface area (Å²) in [6, 6.07) is 23.2. The van der Waals surface area contributed by atoms with E-state index >= 15 is 0 Å². The van der Waals surface area contributed by atoms with Gasteiger partial charge in [-0.05, 0) is 74.0 Å². The van der Waals surface area contributed by atoms with Crippen LogP contribution in [0.4, 0.5) is 0 Å². The Hall–Kier alpha value is -5.81. The molecule has 0 aliphatic carbocycles. The van der Waals surface area contributed by atoms with Gasteiger partial charge in [-0.1, -0.05) is 54.3 Å². The van der Waals surface area contributed by atoms with Crippen molar-refractivity contribution in [2.45, 2.75) is 26.8 Å². The van der Waals surface area contributed by atoms with Crippen LogP contribution < -0.4 is 24.4 Å². The van der Waals surface area contributed by atoms with Crippen LogP contribution in [0.3, 0.4) is 0 Å². The summed E-state index contributed by atoms with van der Waals surface area (Å²) in [5.74, 6) is 0.0199. The first kappa shape index (κ1) is 32.1. The molecule has 0 N–H and O–H groups in total. The van der Waals surface area contributed by atoms with Crippen LogP contribution in [-0.2, 0) is 14.3 Å². The molecule has 6 rings (SSSR count). The Balaban J connectivity index is 1.51. The minimum Gasteiger partial charge on any atom is -0.494 e. The second-order valence-corrected chi connectivity index (χ2v) is 11.8. The molecular weight excluding hydrogens is 628 g/mol. The average molecular weight is 661 g/mol. The minimum absolute atomic E-state index is 0.00211. The quantitative estimate of drug-likeness (QED) is 0.116. The van der Waals surface area contributed by atoms with Crippen molar-refractivity contribution in [3.63, 3.8) is 0 Å². The van der Waals surface area contributed by atoms with Crippen molar-refractivity contribution in [3.05, 3.63) is 140 Å². The summed E-state index contributed by atoms with van der Waals surface area (Å²) in [6.45, 7) is 9.15. The highest BCUT2D eigenvalue weighted by molar-refractivity contribution is 7.07. The number of thiazole rings is 1. The molecule has 3 aromatic carbocycles. The lowest BCUT2D eigenvalue weighted by Crippen LogP contribution is -2.39. The van der Waals surface area contributed by atoms with Crippen molar-refractivity contribution in [1.29, 1.82) is 0 Å². The maximum atomic E-state index is 14.3. The lowest BCUT2D eigenvalue weighted by molar-refractivity contribution is -0.138.